The molecule has 0 bridgehead atoms. The maximum Gasteiger partial charge on any atom is 0.301 e. The van der Waals surface area contributed by atoms with Crippen molar-refractivity contribution in [3.63, 3.8) is 0 Å². The van der Waals surface area contributed by atoms with Gasteiger partial charge < -0.3 is 14.9 Å². The number of aryl methyl sites for hydroxylation is 1. The summed E-state index contributed by atoms with van der Waals surface area (Å²) >= 11 is 1.17. The second kappa shape index (κ2) is 7.60. The van der Waals surface area contributed by atoms with Gasteiger partial charge >= 0.3 is 5.91 Å². The maximum atomic E-state index is 13.0. The van der Waals surface area contributed by atoms with Crippen LogP contribution in [0.3, 0.4) is 0 Å². The lowest BCUT2D eigenvalue weighted by atomic mass is 9.95. The fourth-order valence-corrected chi connectivity index (χ4v) is 4.00. The summed E-state index contributed by atoms with van der Waals surface area (Å²) in [6.45, 7) is 1.74. The van der Waals surface area contributed by atoms with Gasteiger partial charge in [-0.25, -0.2) is 0 Å². The Morgan fingerprint density at radius 1 is 1.07 bits per heavy atom. The van der Waals surface area contributed by atoms with Gasteiger partial charge in [0.05, 0.1) is 18.7 Å². The van der Waals surface area contributed by atoms with Crippen LogP contribution in [0.4, 0.5) is 5.13 Å². The molecule has 152 valence electrons. The van der Waals surface area contributed by atoms with Crippen LogP contribution in [0.5, 0.6) is 11.5 Å². The first-order valence-electron chi connectivity index (χ1n) is 8.95. The molecule has 0 spiro atoms. The number of hydrogen-bond donors (Lipinski definition) is 2. The highest BCUT2D eigenvalue weighted by Gasteiger charge is 2.48. The number of anilines is 1. The number of nitrogens with zero attached hydrogens (tertiary/aromatic N) is 3. The number of ketones is 1. The molecule has 0 saturated carbocycles. The quantitative estimate of drug-likeness (QED) is 0.376. The molecule has 0 aliphatic carbocycles. The summed E-state index contributed by atoms with van der Waals surface area (Å²) in [6, 6.07) is 11.7. The molecule has 1 saturated heterocycles. The molecule has 9 heteroatoms. The third-order valence-corrected chi connectivity index (χ3v) is 5.58. The predicted molar refractivity (Wildman–Crippen MR) is 111 cm³/mol. The number of Topliss-reactive ketones (excluding diaryl/α,β-unsaturated/α-hetero) is 1. The number of methoxy groups -OCH3 is 1. The number of aromatic hydroxyl groups is 1. The van der Waals surface area contributed by atoms with E-state index in [-0.39, 0.29) is 22.2 Å². The van der Waals surface area contributed by atoms with Gasteiger partial charge in [-0.15, -0.1) is 10.2 Å². The van der Waals surface area contributed by atoms with Crippen LogP contribution in [0.2, 0.25) is 0 Å². The van der Waals surface area contributed by atoms with E-state index in [1.54, 1.807) is 43.3 Å². The minimum absolute atomic E-state index is 0.0395. The van der Waals surface area contributed by atoms with E-state index in [1.807, 2.05) is 0 Å². The van der Waals surface area contributed by atoms with E-state index < -0.39 is 17.7 Å². The third-order valence-electron chi connectivity index (χ3n) is 4.74. The second-order valence-corrected chi connectivity index (χ2v) is 7.75. The molecule has 4 rings (SSSR count). The topological polar surface area (TPSA) is 113 Å². The van der Waals surface area contributed by atoms with Gasteiger partial charge in [0, 0.05) is 5.56 Å². The number of amides is 1. The smallest absolute Gasteiger partial charge is 0.301 e. The minimum Gasteiger partial charge on any atom is -0.508 e. The molecular formula is C21H17N3O5S. The van der Waals surface area contributed by atoms with Crippen molar-refractivity contribution in [2.24, 2.45) is 0 Å². The van der Waals surface area contributed by atoms with Crippen molar-refractivity contribution >= 4 is 33.9 Å². The first-order valence-corrected chi connectivity index (χ1v) is 9.77. The molecular weight excluding hydrogens is 406 g/mol. The summed E-state index contributed by atoms with van der Waals surface area (Å²) in [5.41, 5.74) is 0.838. The zero-order chi connectivity index (χ0) is 21.4. The lowest BCUT2D eigenvalue weighted by Gasteiger charge is -2.22. The SMILES string of the molecule is COc1ccc(/C(O)=C2\C(=O)C(=O)N(c3nnc(C)s3)C2c2ccc(O)cc2)cc1. The normalized spacial score (nSPS) is 18.1. The Hall–Kier alpha value is -3.72. The number of carbonyl (C=O) groups excluding carboxylic acids is 2. The van der Waals surface area contributed by atoms with E-state index in [0.717, 1.165) is 0 Å². The molecule has 30 heavy (non-hydrogen) atoms. The highest BCUT2D eigenvalue weighted by Crippen LogP contribution is 2.43. The van der Waals surface area contributed by atoms with Crippen LogP contribution >= 0.6 is 11.3 Å². The van der Waals surface area contributed by atoms with Crippen LogP contribution in [-0.4, -0.2) is 39.2 Å². The summed E-state index contributed by atoms with van der Waals surface area (Å²) < 4.78 is 5.13. The highest BCUT2D eigenvalue weighted by molar-refractivity contribution is 7.15. The van der Waals surface area contributed by atoms with E-state index in [1.165, 1.54) is 35.5 Å². The van der Waals surface area contributed by atoms with Crippen molar-refractivity contribution in [3.05, 3.63) is 70.2 Å². The molecule has 8 nitrogen and oxygen atoms in total. The molecule has 2 heterocycles. The Bertz CT molecular complexity index is 1150. The molecule has 2 N–H and O–H groups in total. The van der Waals surface area contributed by atoms with Gasteiger partial charge in [0.25, 0.3) is 5.78 Å². The molecule has 1 aliphatic rings. The molecule has 0 radical (unpaired) electrons. The average molecular weight is 423 g/mol. The van der Waals surface area contributed by atoms with Gasteiger partial charge in [-0.2, -0.15) is 0 Å². The van der Waals surface area contributed by atoms with Gasteiger partial charge in [-0.1, -0.05) is 23.5 Å². The van der Waals surface area contributed by atoms with Crippen LogP contribution in [-0.2, 0) is 9.59 Å². The third kappa shape index (κ3) is 3.29. The van der Waals surface area contributed by atoms with Crippen molar-refractivity contribution in [1.29, 1.82) is 0 Å². The Morgan fingerprint density at radius 3 is 2.30 bits per heavy atom. The Balaban J connectivity index is 1.91. The summed E-state index contributed by atoms with van der Waals surface area (Å²) in [5, 5.41) is 29.5. The fourth-order valence-electron chi connectivity index (χ4n) is 3.29. The number of aliphatic hydroxyl groups is 1. The lowest BCUT2D eigenvalue weighted by Crippen LogP contribution is -2.29. The first kappa shape index (κ1) is 19.6. The van der Waals surface area contributed by atoms with Gasteiger partial charge in [0.15, 0.2) is 0 Å². The summed E-state index contributed by atoms with van der Waals surface area (Å²) in [4.78, 5) is 27.1. The van der Waals surface area contributed by atoms with E-state index in [9.17, 15) is 19.8 Å². The lowest BCUT2D eigenvalue weighted by molar-refractivity contribution is -0.132. The van der Waals surface area contributed by atoms with Crippen molar-refractivity contribution in [1.82, 2.24) is 10.2 Å². The monoisotopic (exact) mass is 423 g/mol. The number of benzene rings is 2. The Morgan fingerprint density at radius 2 is 1.73 bits per heavy atom. The van der Waals surface area contributed by atoms with Gasteiger partial charge in [0.1, 0.15) is 22.3 Å². The minimum atomic E-state index is -0.917. The Kier molecular flexibility index (Phi) is 4.96. The number of phenols is 1. The van der Waals surface area contributed by atoms with Crippen molar-refractivity contribution in [2.45, 2.75) is 13.0 Å². The molecule has 1 unspecified atom stereocenters. The van der Waals surface area contributed by atoms with E-state index in [0.29, 0.717) is 21.9 Å². The van der Waals surface area contributed by atoms with E-state index in [4.69, 9.17) is 4.74 Å². The van der Waals surface area contributed by atoms with Crippen molar-refractivity contribution in [3.8, 4) is 11.5 Å². The van der Waals surface area contributed by atoms with Crippen LogP contribution in [0.15, 0.2) is 54.1 Å². The molecule has 3 aromatic rings. The first-order chi connectivity index (χ1) is 14.4. The number of carbonyl (C=O) groups is 2. The number of ether oxygens (including phenoxy) is 1. The fraction of sp³-hybridized carbons (Fsp3) is 0.143. The molecule has 1 aromatic heterocycles. The van der Waals surface area contributed by atoms with Crippen molar-refractivity contribution < 1.29 is 24.5 Å². The van der Waals surface area contributed by atoms with Gasteiger partial charge in [0.2, 0.25) is 5.13 Å². The van der Waals surface area contributed by atoms with E-state index in [2.05, 4.69) is 10.2 Å². The standard InChI is InChI=1S/C21H17N3O5S/c1-11-22-23-21(30-11)24-17(12-3-7-14(25)8-4-12)16(19(27)20(24)28)18(26)13-5-9-15(29-2)10-6-13/h3-10,17,25-26H,1-2H3/b18-16+. The van der Waals surface area contributed by atoms with E-state index >= 15 is 0 Å². The van der Waals surface area contributed by atoms with Crippen molar-refractivity contribution in [2.75, 3.05) is 12.0 Å². The largest absolute Gasteiger partial charge is 0.508 e. The molecule has 1 amide bonds. The molecule has 1 atom stereocenters. The molecule has 2 aromatic carbocycles. The predicted octanol–water partition coefficient (Wildman–Crippen LogP) is 3.19. The zero-order valence-electron chi connectivity index (χ0n) is 16.1. The van der Waals surface area contributed by atoms with Crippen LogP contribution in [0, 0.1) is 6.92 Å². The number of phenolic OH excluding ortho intramolecular Hbond substituents is 1. The number of hydrogen-bond acceptors (Lipinski definition) is 8. The van der Waals surface area contributed by atoms with Gasteiger partial charge in [-0.3, -0.25) is 14.5 Å². The average Bonchev–Trinajstić information content (AvgIpc) is 3.29. The summed E-state index contributed by atoms with van der Waals surface area (Å²) in [5.74, 6) is -1.31. The zero-order valence-corrected chi connectivity index (χ0v) is 16.9. The number of aliphatic hydroxyl groups excluding tert-OH is 1. The summed E-state index contributed by atoms with van der Waals surface area (Å²) in [6.07, 6.45) is 0. The highest BCUT2D eigenvalue weighted by atomic mass is 32.1. The van der Waals surface area contributed by atoms with Gasteiger partial charge in [-0.05, 0) is 48.9 Å². The number of aromatic nitrogens is 2. The second-order valence-electron chi connectivity index (χ2n) is 6.59. The molecule has 1 aliphatic heterocycles. The molecule has 1 fully saturated rings. The van der Waals surface area contributed by atoms with Crippen LogP contribution in [0.1, 0.15) is 22.2 Å². The maximum absolute atomic E-state index is 13.0. The summed E-state index contributed by atoms with van der Waals surface area (Å²) in [7, 11) is 1.52. The Labute approximate surface area is 175 Å². The van der Waals surface area contributed by atoms with Crippen LogP contribution in [0.25, 0.3) is 5.76 Å². The van der Waals surface area contributed by atoms with Crippen LogP contribution < -0.4 is 9.64 Å². The number of rotatable bonds is 4.